The molecule has 2 heterocycles. The van der Waals surface area contributed by atoms with Gasteiger partial charge in [-0.15, -0.1) is 5.10 Å². The number of aromatic nitrogens is 3. The van der Waals surface area contributed by atoms with Crippen LogP contribution < -0.4 is 5.01 Å². The van der Waals surface area contributed by atoms with Crippen molar-refractivity contribution in [1.82, 2.24) is 14.8 Å². The molecule has 6 nitrogen and oxygen atoms in total. The lowest BCUT2D eigenvalue weighted by Gasteiger charge is -2.12. The average molecular weight is 326 g/mol. The Morgan fingerprint density at radius 3 is 2.83 bits per heavy atom. The van der Waals surface area contributed by atoms with Crippen molar-refractivity contribution in [1.29, 1.82) is 0 Å². The molecule has 3 rings (SSSR count). The highest BCUT2D eigenvalue weighted by Crippen LogP contribution is 2.39. The second-order valence-electron chi connectivity index (χ2n) is 5.57. The lowest BCUT2D eigenvalue weighted by atomic mass is 10.0. The maximum Gasteiger partial charge on any atom is 0.265 e. The predicted molar refractivity (Wildman–Crippen MR) is 93.5 cm³/mol. The van der Waals surface area contributed by atoms with Crippen molar-refractivity contribution >= 4 is 18.4 Å². The van der Waals surface area contributed by atoms with Crippen LogP contribution in [0, 0.1) is 0 Å². The molecule has 0 fully saturated rings. The molecule has 1 aromatic heterocycles. The summed E-state index contributed by atoms with van der Waals surface area (Å²) in [5.41, 5.74) is 1.68. The summed E-state index contributed by atoms with van der Waals surface area (Å²) < 4.78 is 16.0. The molecule has 0 N–H and O–H groups in total. The zero-order valence-corrected chi connectivity index (χ0v) is 13.7. The Kier molecular flexibility index (Phi) is 4.50. The standard InChI is InChI=1S/C17H19FN6/c1-12(10-19-2)11-20-23(3)17-21-16-14(18)9-15(24(16)22-17)13-7-5-4-6-8-13/h4-8,10-11,14-15H,1,9H2,2-3H3/b19-10-,20-11-/t14-,15-/m0/s1. The molecule has 0 radical (unpaired) electrons. The van der Waals surface area contributed by atoms with Crippen LogP contribution in [0.3, 0.4) is 0 Å². The van der Waals surface area contributed by atoms with E-state index in [4.69, 9.17) is 0 Å². The van der Waals surface area contributed by atoms with Gasteiger partial charge in [0.15, 0.2) is 12.0 Å². The number of allylic oxidation sites excluding steroid dienone is 1. The number of anilines is 1. The van der Waals surface area contributed by atoms with Crippen molar-refractivity contribution in [2.24, 2.45) is 10.1 Å². The van der Waals surface area contributed by atoms with Crippen LogP contribution in [0.4, 0.5) is 10.3 Å². The normalized spacial score (nSPS) is 20.0. The van der Waals surface area contributed by atoms with Crippen LogP contribution in [0.15, 0.2) is 52.6 Å². The zero-order valence-electron chi connectivity index (χ0n) is 13.7. The summed E-state index contributed by atoms with van der Waals surface area (Å²) >= 11 is 0. The van der Waals surface area contributed by atoms with E-state index < -0.39 is 6.17 Å². The SMILES string of the molecule is C=C(/C=N\C)/C=N\N(C)c1nc2n(n1)[C@H](c1ccccc1)C[C@@H]2F. The Morgan fingerprint density at radius 1 is 1.38 bits per heavy atom. The maximum atomic E-state index is 14.3. The third kappa shape index (κ3) is 3.10. The molecule has 0 amide bonds. The van der Waals surface area contributed by atoms with Crippen molar-refractivity contribution in [2.45, 2.75) is 18.6 Å². The molecule has 0 aliphatic carbocycles. The van der Waals surface area contributed by atoms with Crippen LogP contribution in [0.5, 0.6) is 0 Å². The van der Waals surface area contributed by atoms with Gasteiger partial charge < -0.3 is 0 Å². The van der Waals surface area contributed by atoms with E-state index >= 15 is 0 Å². The van der Waals surface area contributed by atoms with E-state index in [0.29, 0.717) is 23.8 Å². The highest BCUT2D eigenvalue weighted by molar-refractivity contribution is 6.03. The van der Waals surface area contributed by atoms with E-state index in [1.165, 1.54) is 5.01 Å². The molecular formula is C17H19FN6. The molecule has 7 heteroatoms. The van der Waals surface area contributed by atoms with Crippen LogP contribution in [0.2, 0.25) is 0 Å². The summed E-state index contributed by atoms with van der Waals surface area (Å²) in [6, 6.07) is 9.63. The number of hydrazone groups is 1. The smallest absolute Gasteiger partial charge is 0.265 e. The van der Waals surface area contributed by atoms with Gasteiger partial charge in [-0.05, 0) is 5.56 Å². The molecule has 24 heavy (non-hydrogen) atoms. The molecule has 2 atom stereocenters. The lowest BCUT2D eigenvalue weighted by Crippen LogP contribution is -2.13. The Balaban J connectivity index is 1.84. The number of nitrogens with zero attached hydrogens (tertiary/aromatic N) is 6. The number of alkyl halides is 1. The van der Waals surface area contributed by atoms with Crippen LogP contribution in [0.25, 0.3) is 0 Å². The Hall–Kier alpha value is -2.83. The molecule has 1 aliphatic rings. The van der Waals surface area contributed by atoms with Gasteiger partial charge in [-0.3, -0.25) is 4.99 Å². The number of halogens is 1. The fourth-order valence-electron chi connectivity index (χ4n) is 2.67. The quantitative estimate of drug-likeness (QED) is 0.627. The maximum absolute atomic E-state index is 14.3. The minimum Gasteiger partial charge on any atom is -0.296 e. The van der Waals surface area contributed by atoms with Crippen LogP contribution >= 0.6 is 0 Å². The summed E-state index contributed by atoms with van der Waals surface area (Å²) in [4.78, 5) is 8.16. The monoisotopic (exact) mass is 326 g/mol. The second-order valence-corrected chi connectivity index (χ2v) is 5.57. The highest BCUT2D eigenvalue weighted by atomic mass is 19.1. The Labute approximate surface area is 140 Å². The average Bonchev–Trinajstić information content (AvgIpc) is 3.15. The molecule has 2 aromatic rings. The first-order chi connectivity index (χ1) is 11.6. The largest absolute Gasteiger partial charge is 0.296 e. The number of hydrogen-bond donors (Lipinski definition) is 0. The number of rotatable bonds is 5. The van der Waals surface area contributed by atoms with Gasteiger partial charge in [0.1, 0.15) is 0 Å². The topological polar surface area (TPSA) is 58.7 Å². The first-order valence-corrected chi connectivity index (χ1v) is 7.64. The van der Waals surface area contributed by atoms with Crippen LogP contribution in [0.1, 0.15) is 30.0 Å². The van der Waals surface area contributed by atoms with Gasteiger partial charge in [0, 0.05) is 32.3 Å². The first kappa shape index (κ1) is 16.0. The predicted octanol–water partition coefficient (Wildman–Crippen LogP) is 2.96. The summed E-state index contributed by atoms with van der Waals surface area (Å²) in [6.07, 6.45) is 2.38. The number of hydrogen-bond acceptors (Lipinski definition) is 5. The summed E-state index contributed by atoms with van der Waals surface area (Å²) in [5, 5.41) is 10.1. The van der Waals surface area contributed by atoms with E-state index in [1.54, 1.807) is 31.2 Å². The van der Waals surface area contributed by atoms with Gasteiger partial charge in [-0.1, -0.05) is 36.9 Å². The Morgan fingerprint density at radius 2 is 2.12 bits per heavy atom. The number of aliphatic imine (C=N–C) groups is 1. The second kappa shape index (κ2) is 6.74. The number of fused-ring (bicyclic) bond motifs is 1. The van der Waals surface area contributed by atoms with Gasteiger partial charge in [-0.25, -0.2) is 14.1 Å². The third-order valence-electron chi connectivity index (χ3n) is 3.82. The Bertz CT molecular complexity index is 780. The summed E-state index contributed by atoms with van der Waals surface area (Å²) in [7, 11) is 3.37. The summed E-state index contributed by atoms with van der Waals surface area (Å²) in [5.74, 6) is 0.695. The molecule has 0 saturated heterocycles. The van der Waals surface area contributed by atoms with Crippen molar-refractivity contribution in [2.75, 3.05) is 19.1 Å². The van der Waals surface area contributed by atoms with E-state index in [1.807, 2.05) is 30.3 Å². The van der Waals surface area contributed by atoms with E-state index in [-0.39, 0.29) is 6.04 Å². The lowest BCUT2D eigenvalue weighted by molar-refractivity contribution is 0.328. The molecule has 0 unspecified atom stereocenters. The molecule has 0 saturated carbocycles. The van der Waals surface area contributed by atoms with Gasteiger partial charge in [0.05, 0.1) is 12.3 Å². The zero-order chi connectivity index (χ0) is 17.1. The molecule has 124 valence electrons. The van der Waals surface area contributed by atoms with Gasteiger partial charge in [-0.2, -0.15) is 10.1 Å². The van der Waals surface area contributed by atoms with E-state index in [2.05, 4.69) is 26.8 Å². The van der Waals surface area contributed by atoms with Gasteiger partial charge in [0.25, 0.3) is 5.95 Å². The van der Waals surface area contributed by atoms with Crippen molar-refractivity contribution in [3.05, 3.63) is 53.9 Å². The highest BCUT2D eigenvalue weighted by Gasteiger charge is 2.35. The molecule has 1 aliphatic heterocycles. The summed E-state index contributed by atoms with van der Waals surface area (Å²) in [6.45, 7) is 3.79. The minimum absolute atomic E-state index is 0.142. The van der Waals surface area contributed by atoms with E-state index in [9.17, 15) is 4.39 Å². The third-order valence-corrected chi connectivity index (χ3v) is 3.82. The minimum atomic E-state index is -1.13. The van der Waals surface area contributed by atoms with Crippen LogP contribution in [-0.4, -0.2) is 41.3 Å². The molecule has 0 bridgehead atoms. The number of benzene rings is 1. The van der Waals surface area contributed by atoms with Crippen LogP contribution in [-0.2, 0) is 0 Å². The fraction of sp³-hybridized carbons (Fsp3) is 0.294. The van der Waals surface area contributed by atoms with E-state index in [0.717, 1.165) is 5.56 Å². The van der Waals surface area contributed by atoms with Crippen molar-refractivity contribution < 1.29 is 4.39 Å². The molecule has 0 spiro atoms. The molecular weight excluding hydrogens is 307 g/mol. The van der Waals surface area contributed by atoms with Gasteiger partial charge in [0.2, 0.25) is 0 Å². The molecule has 1 aromatic carbocycles. The van der Waals surface area contributed by atoms with Crippen molar-refractivity contribution in [3.8, 4) is 0 Å². The fourth-order valence-corrected chi connectivity index (χ4v) is 2.67. The van der Waals surface area contributed by atoms with Gasteiger partial charge >= 0.3 is 0 Å². The van der Waals surface area contributed by atoms with Crippen molar-refractivity contribution in [3.63, 3.8) is 0 Å². The first-order valence-electron chi connectivity index (χ1n) is 7.64.